The molecule has 0 saturated carbocycles. The molecule has 0 aliphatic carbocycles. The van der Waals surface area contributed by atoms with Crippen molar-refractivity contribution in [1.29, 1.82) is 0 Å². The van der Waals surface area contributed by atoms with E-state index in [-0.39, 0.29) is 4.90 Å². The first-order chi connectivity index (χ1) is 12.3. The number of aromatic nitrogens is 1. The van der Waals surface area contributed by atoms with Crippen LogP contribution in [0.25, 0.3) is 10.9 Å². The molecule has 0 unspecified atom stereocenters. The molecule has 136 valence electrons. The Morgan fingerprint density at radius 1 is 1.15 bits per heavy atom. The Morgan fingerprint density at radius 3 is 2.62 bits per heavy atom. The normalized spacial score (nSPS) is 11.6. The molecule has 0 atom stereocenters. The molecular formula is C19H19ClN2O3S. The summed E-state index contributed by atoms with van der Waals surface area (Å²) in [5, 5.41) is 4.32. The van der Waals surface area contributed by atoms with E-state index < -0.39 is 21.5 Å². The predicted molar refractivity (Wildman–Crippen MR) is 103 cm³/mol. The number of benzene rings is 2. The molecule has 2 aromatic carbocycles. The lowest BCUT2D eigenvalue weighted by Crippen LogP contribution is -2.31. The Bertz CT molecular complexity index is 1040. The highest BCUT2D eigenvalue weighted by Gasteiger charge is 2.19. The van der Waals surface area contributed by atoms with Crippen LogP contribution in [0.3, 0.4) is 0 Å². The molecule has 0 spiro atoms. The van der Waals surface area contributed by atoms with Gasteiger partial charge in [-0.2, -0.15) is 0 Å². The van der Waals surface area contributed by atoms with Crippen molar-refractivity contribution in [2.24, 2.45) is 0 Å². The Hall–Kier alpha value is -2.31. The third kappa shape index (κ3) is 4.26. The Morgan fingerprint density at radius 2 is 1.88 bits per heavy atom. The number of rotatable bonds is 6. The van der Waals surface area contributed by atoms with Gasteiger partial charge >= 0.3 is 0 Å². The smallest absolute Gasteiger partial charge is 0.235 e. The maximum atomic E-state index is 12.3. The van der Waals surface area contributed by atoms with E-state index in [2.05, 4.69) is 10.3 Å². The fraction of sp³-hybridized carbons (Fsp3) is 0.211. The van der Waals surface area contributed by atoms with E-state index in [1.807, 2.05) is 31.3 Å². The average Bonchev–Trinajstić information content (AvgIpc) is 2.97. The molecule has 5 nitrogen and oxygen atoms in total. The van der Waals surface area contributed by atoms with E-state index in [0.717, 1.165) is 22.0 Å². The van der Waals surface area contributed by atoms with Crippen LogP contribution >= 0.6 is 11.6 Å². The van der Waals surface area contributed by atoms with Crippen LogP contribution in [-0.4, -0.2) is 31.6 Å². The van der Waals surface area contributed by atoms with E-state index in [0.29, 0.717) is 18.0 Å². The SMILES string of the molecule is Cc1ccc(S(=O)(=O)CC(=O)NCCc2c[nH]c3ccc(Cl)cc23)cc1. The second kappa shape index (κ2) is 7.51. The van der Waals surface area contributed by atoms with Gasteiger partial charge in [-0.3, -0.25) is 4.79 Å². The highest BCUT2D eigenvalue weighted by atomic mass is 35.5. The van der Waals surface area contributed by atoms with Gasteiger partial charge in [-0.1, -0.05) is 29.3 Å². The number of carbonyl (C=O) groups is 1. The van der Waals surface area contributed by atoms with Gasteiger partial charge in [0.15, 0.2) is 9.84 Å². The molecule has 7 heteroatoms. The highest BCUT2D eigenvalue weighted by molar-refractivity contribution is 7.92. The van der Waals surface area contributed by atoms with Crippen LogP contribution in [0, 0.1) is 6.92 Å². The van der Waals surface area contributed by atoms with Crippen molar-refractivity contribution in [3.63, 3.8) is 0 Å². The zero-order chi connectivity index (χ0) is 18.7. The number of nitrogens with one attached hydrogen (secondary N) is 2. The van der Waals surface area contributed by atoms with Crippen LogP contribution in [-0.2, 0) is 21.1 Å². The van der Waals surface area contributed by atoms with Crippen molar-refractivity contribution in [3.8, 4) is 0 Å². The van der Waals surface area contributed by atoms with Gasteiger partial charge in [0.2, 0.25) is 5.91 Å². The summed E-state index contributed by atoms with van der Waals surface area (Å²) in [6.07, 6.45) is 2.45. The molecule has 26 heavy (non-hydrogen) atoms. The van der Waals surface area contributed by atoms with Crippen molar-refractivity contribution in [1.82, 2.24) is 10.3 Å². The van der Waals surface area contributed by atoms with Gasteiger partial charge in [0.25, 0.3) is 0 Å². The fourth-order valence-corrected chi connectivity index (χ4v) is 4.08. The molecule has 1 heterocycles. The predicted octanol–water partition coefficient (Wildman–Crippen LogP) is 3.26. The van der Waals surface area contributed by atoms with Crippen LogP contribution in [0.1, 0.15) is 11.1 Å². The minimum atomic E-state index is -3.64. The number of fused-ring (bicyclic) bond motifs is 1. The number of carbonyl (C=O) groups excluding carboxylic acids is 1. The minimum Gasteiger partial charge on any atom is -0.361 e. The lowest BCUT2D eigenvalue weighted by Gasteiger charge is -2.07. The zero-order valence-electron chi connectivity index (χ0n) is 14.3. The second-order valence-electron chi connectivity index (χ2n) is 6.18. The monoisotopic (exact) mass is 390 g/mol. The molecule has 2 N–H and O–H groups in total. The number of amides is 1. The number of aryl methyl sites for hydroxylation is 1. The number of H-pyrrole nitrogens is 1. The molecule has 0 aliphatic rings. The van der Waals surface area contributed by atoms with Crippen molar-refractivity contribution in [2.45, 2.75) is 18.2 Å². The molecule has 3 rings (SSSR count). The summed E-state index contributed by atoms with van der Waals surface area (Å²) in [4.78, 5) is 15.3. The minimum absolute atomic E-state index is 0.157. The summed E-state index contributed by atoms with van der Waals surface area (Å²) in [6, 6.07) is 12.0. The molecule has 0 aliphatic heterocycles. The Balaban J connectivity index is 1.58. The molecule has 1 aromatic heterocycles. The first-order valence-corrected chi connectivity index (χ1v) is 10.2. The summed E-state index contributed by atoms with van der Waals surface area (Å²) in [5.41, 5.74) is 2.95. The topological polar surface area (TPSA) is 79.0 Å². The molecular weight excluding hydrogens is 372 g/mol. The van der Waals surface area contributed by atoms with Gasteiger partial charge in [0, 0.05) is 28.7 Å². The van der Waals surface area contributed by atoms with E-state index in [4.69, 9.17) is 11.6 Å². The number of hydrogen-bond acceptors (Lipinski definition) is 3. The van der Waals surface area contributed by atoms with Gasteiger partial charge in [-0.25, -0.2) is 8.42 Å². The molecule has 0 fully saturated rings. The van der Waals surface area contributed by atoms with Crippen LogP contribution in [0.15, 0.2) is 53.6 Å². The molecule has 0 bridgehead atoms. The van der Waals surface area contributed by atoms with Crippen molar-refractivity contribution >= 4 is 38.2 Å². The quantitative estimate of drug-likeness (QED) is 0.678. The fourth-order valence-electron chi connectivity index (χ4n) is 2.75. The van der Waals surface area contributed by atoms with Gasteiger partial charge in [-0.15, -0.1) is 0 Å². The number of aromatic amines is 1. The number of hydrogen-bond donors (Lipinski definition) is 2. The van der Waals surface area contributed by atoms with Gasteiger partial charge in [-0.05, 0) is 49.2 Å². The van der Waals surface area contributed by atoms with Gasteiger partial charge < -0.3 is 10.3 Å². The second-order valence-corrected chi connectivity index (χ2v) is 8.60. The first-order valence-electron chi connectivity index (χ1n) is 8.17. The van der Waals surface area contributed by atoms with Gasteiger partial charge in [0.1, 0.15) is 5.75 Å². The van der Waals surface area contributed by atoms with Crippen molar-refractivity contribution < 1.29 is 13.2 Å². The zero-order valence-corrected chi connectivity index (χ0v) is 15.8. The van der Waals surface area contributed by atoms with Crippen molar-refractivity contribution in [2.75, 3.05) is 12.3 Å². The lowest BCUT2D eigenvalue weighted by molar-refractivity contribution is -0.118. The maximum absolute atomic E-state index is 12.3. The maximum Gasteiger partial charge on any atom is 0.235 e. The standard InChI is InChI=1S/C19H19ClN2O3S/c1-13-2-5-16(6-3-13)26(24,25)12-19(23)21-9-8-14-11-22-18-7-4-15(20)10-17(14)18/h2-7,10-11,22H,8-9,12H2,1H3,(H,21,23). The van der Waals surface area contributed by atoms with Crippen molar-refractivity contribution in [3.05, 3.63) is 64.8 Å². The lowest BCUT2D eigenvalue weighted by atomic mass is 10.1. The van der Waals surface area contributed by atoms with Crippen LogP contribution < -0.4 is 5.32 Å². The average molecular weight is 391 g/mol. The number of halogens is 1. The largest absolute Gasteiger partial charge is 0.361 e. The Labute approximate surface area is 157 Å². The highest BCUT2D eigenvalue weighted by Crippen LogP contribution is 2.22. The van der Waals surface area contributed by atoms with E-state index in [1.54, 1.807) is 12.1 Å². The summed E-state index contributed by atoms with van der Waals surface area (Å²) >= 11 is 6.02. The third-order valence-electron chi connectivity index (χ3n) is 4.15. The third-order valence-corrected chi connectivity index (χ3v) is 6.01. The van der Waals surface area contributed by atoms with E-state index in [9.17, 15) is 13.2 Å². The van der Waals surface area contributed by atoms with Gasteiger partial charge in [0.05, 0.1) is 4.90 Å². The van der Waals surface area contributed by atoms with Crippen LogP contribution in [0.2, 0.25) is 5.02 Å². The molecule has 0 radical (unpaired) electrons. The summed E-state index contributed by atoms with van der Waals surface area (Å²) in [7, 11) is -3.64. The van der Waals surface area contributed by atoms with Crippen LogP contribution in [0.5, 0.6) is 0 Å². The summed E-state index contributed by atoms with van der Waals surface area (Å²) in [5.74, 6) is -1.07. The first kappa shape index (κ1) is 18.5. The molecule has 0 saturated heterocycles. The molecule has 1 amide bonds. The summed E-state index contributed by atoms with van der Waals surface area (Å²) < 4.78 is 24.6. The number of sulfone groups is 1. The van der Waals surface area contributed by atoms with E-state index >= 15 is 0 Å². The summed E-state index contributed by atoms with van der Waals surface area (Å²) in [6.45, 7) is 2.22. The Kier molecular flexibility index (Phi) is 5.34. The van der Waals surface area contributed by atoms with E-state index in [1.165, 1.54) is 12.1 Å². The van der Waals surface area contributed by atoms with Crippen LogP contribution in [0.4, 0.5) is 0 Å². The molecule has 3 aromatic rings.